The molecule has 0 bridgehead atoms. The molecule has 16 heavy (non-hydrogen) atoms. The van der Waals surface area contributed by atoms with Crippen molar-refractivity contribution in [3.05, 3.63) is 47.9 Å². The molecule has 1 heterocycles. The van der Waals surface area contributed by atoms with Crippen molar-refractivity contribution in [2.45, 2.75) is 19.2 Å². The highest BCUT2D eigenvalue weighted by atomic mass is 35.5. The van der Waals surface area contributed by atoms with Crippen LogP contribution >= 0.6 is 11.6 Å². The summed E-state index contributed by atoms with van der Waals surface area (Å²) in [6.45, 7) is 2.04. The van der Waals surface area contributed by atoms with Gasteiger partial charge in [-0.3, -0.25) is 0 Å². The van der Waals surface area contributed by atoms with E-state index in [1.807, 2.05) is 43.3 Å². The molecule has 0 fully saturated rings. The van der Waals surface area contributed by atoms with Crippen molar-refractivity contribution in [2.24, 2.45) is 0 Å². The van der Waals surface area contributed by atoms with E-state index in [1.165, 1.54) is 0 Å². The van der Waals surface area contributed by atoms with E-state index < -0.39 is 0 Å². The smallest absolute Gasteiger partial charge is 0.129 e. The molecule has 0 aliphatic rings. The zero-order chi connectivity index (χ0) is 11.4. The molecule has 0 radical (unpaired) electrons. The van der Waals surface area contributed by atoms with Crippen LogP contribution in [-0.2, 0) is 12.3 Å². The maximum atomic E-state index is 5.83. The number of halogens is 1. The summed E-state index contributed by atoms with van der Waals surface area (Å²) < 4.78 is 0. The highest BCUT2D eigenvalue weighted by Crippen LogP contribution is 2.18. The van der Waals surface area contributed by atoms with E-state index in [1.54, 1.807) is 0 Å². The fourth-order valence-corrected chi connectivity index (χ4v) is 1.67. The predicted molar refractivity (Wildman–Crippen MR) is 66.4 cm³/mol. The van der Waals surface area contributed by atoms with Gasteiger partial charge >= 0.3 is 0 Å². The van der Waals surface area contributed by atoms with Crippen molar-refractivity contribution in [3.63, 3.8) is 0 Å². The largest absolute Gasteiger partial charge is 0.237 e. The first-order chi connectivity index (χ1) is 7.83. The minimum Gasteiger partial charge on any atom is -0.237 e. The molecule has 0 amide bonds. The lowest BCUT2D eigenvalue weighted by Gasteiger charge is -2.05. The van der Waals surface area contributed by atoms with Crippen molar-refractivity contribution >= 4 is 11.6 Å². The third-order valence-corrected chi connectivity index (χ3v) is 2.62. The van der Waals surface area contributed by atoms with Crippen LogP contribution in [0.15, 0.2) is 36.4 Å². The van der Waals surface area contributed by atoms with Gasteiger partial charge in [0.15, 0.2) is 0 Å². The number of nitrogens with zero attached hydrogens (tertiary/aromatic N) is 2. The Morgan fingerprint density at radius 3 is 2.50 bits per heavy atom. The molecule has 0 aliphatic heterocycles. The van der Waals surface area contributed by atoms with Crippen LogP contribution in [0, 0.1) is 0 Å². The van der Waals surface area contributed by atoms with Gasteiger partial charge in [-0.1, -0.05) is 37.3 Å². The summed E-state index contributed by atoms with van der Waals surface area (Å²) in [7, 11) is 0. The van der Waals surface area contributed by atoms with Gasteiger partial charge in [-0.15, -0.1) is 11.6 Å². The Hall–Kier alpha value is -1.41. The van der Waals surface area contributed by atoms with E-state index in [0.717, 1.165) is 29.2 Å². The Morgan fingerprint density at radius 1 is 1.12 bits per heavy atom. The average molecular weight is 233 g/mol. The fourth-order valence-electron chi connectivity index (χ4n) is 1.54. The molecule has 1 aromatic carbocycles. The van der Waals surface area contributed by atoms with Gasteiger partial charge in [0, 0.05) is 12.0 Å². The van der Waals surface area contributed by atoms with Gasteiger partial charge in [-0.25, -0.2) is 9.97 Å². The Balaban J connectivity index is 2.48. The molecule has 82 valence electrons. The van der Waals surface area contributed by atoms with Crippen LogP contribution in [0.4, 0.5) is 0 Å². The summed E-state index contributed by atoms with van der Waals surface area (Å²) in [5, 5.41) is 0. The van der Waals surface area contributed by atoms with Crippen LogP contribution in [0.25, 0.3) is 11.3 Å². The summed E-state index contributed by atoms with van der Waals surface area (Å²) >= 11 is 5.83. The van der Waals surface area contributed by atoms with E-state index in [0.29, 0.717) is 5.88 Å². The second kappa shape index (κ2) is 5.08. The lowest BCUT2D eigenvalue weighted by molar-refractivity contribution is 0.916. The van der Waals surface area contributed by atoms with Crippen molar-refractivity contribution in [3.8, 4) is 11.3 Å². The fraction of sp³-hybridized carbons (Fsp3) is 0.231. The first-order valence-corrected chi connectivity index (χ1v) is 5.85. The summed E-state index contributed by atoms with van der Waals surface area (Å²) in [6, 6.07) is 12.0. The second-order valence-electron chi connectivity index (χ2n) is 3.51. The molecular weight excluding hydrogens is 220 g/mol. The zero-order valence-electron chi connectivity index (χ0n) is 9.15. The molecule has 2 aromatic rings. The Morgan fingerprint density at radius 2 is 1.88 bits per heavy atom. The molecule has 0 saturated heterocycles. The molecular formula is C13H13ClN2. The molecule has 2 nitrogen and oxygen atoms in total. The Kier molecular flexibility index (Phi) is 3.52. The highest BCUT2D eigenvalue weighted by molar-refractivity contribution is 6.16. The molecule has 0 N–H and O–H groups in total. The molecule has 3 heteroatoms. The number of hydrogen-bond donors (Lipinski definition) is 0. The molecule has 0 saturated carbocycles. The Labute approximate surface area is 100 Å². The minimum absolute atomic E-state index is 0.426. The topological polar surface area (TPSA) is 25.8 Å². The summed E-state index contributed by atoms with van der Waals surface area (Å²) in [4.78, 5) is 8.85. The molecule has 0 atom stereocenters. The monoisotopic (exact) mass is 232 g/mol. The molecule has 0 spiro atoms. The van der Waals surface area contributed by atoms with E-state index in [4.69, 9.17) is 11.6 Å². The Bertz CT molecular complexity index is 446. The van der Waals surface area contributed by atoms with Crippen LogP contribution in [0.3, 0.4) is 0 Å². The zero-order valence-corrected chi connectivity index (χ0v) is 9.91. The van der Waals surface area contributed by atoms with Gasteiger partial charge in [0.1, 0.15) is 5.82 Å². The number of alkyl halides is 1. The van der Waals surface area contributed by atoms with Crippen molar-refractivity contribution < 1.29 is 0 Å². The van der Waals surface area contributed by atoms with Gasteiger partial charge < -0.3 is 0 Å². The average Bonchev–Trinajstić information content (AvgIpc) is 2.39. The van der Waals surface area contributed by atoms with Crippen LogP contribution in [0.5, 0.6) is 0 Å². The van der Waals surface area contributed by atoms with Gasteiger partial charge in [-0.2, -0.15) is 0 Å². The van der Waals surface area contributed by atoms with E-state index in [2.05, 4.69) is 9.97 Å². The number of aromatic nitrogens is 2. The van der Waals surface area contributed by atoms with Crippen LogP contribution < -0.4 is 0 Å². The van der Waals surface area contributed by atoms with Gasteiger partial charge in [-0.05, 0) is 6.07 Å². The number of rotatable bonds is 3. The maximum Gasteiger partial charge on any atom is 0.129 e. The molecule has 0 unspecified atom stereocenters. The minimum atomic E-state index is 0.426. The van der Waals surface area contributed by atoms with Crippen molar-refractivity contribution in [2.75, 3.05) is 0 Å². The van der Waals surface area contributed by atoms with Gasteiger partial charge in [0.05, 0.1) is 17.3 Å². The lowest BCUT2D eigenvalue weighted by atomic mass is 10.1. The maximum absolute atomic E-state index is 5.83. The van der Waals surface area contributed by atoms with E-state index >= 15 is 0 Å². The van der Waals surface area contributed by atoms with Crippen molar-refractivity contribution in [1.82, 2.24) is 9.97 Å². The summed E-state index contributed by atoms with van der Waals surface area (Å²) in [5.41, 5.74) is 2.93. The van der Waals surface area contributed by atoms with Crippen LogP contribution in [-0.4, -0.2) is 9.97 Å². The number of benzene rings is 1. The lowest BCUT2D eigenvalue weighted by Crippen LogP contribution is -1.98. The number of hydrogen-bond acceptors (Lipinski definition) is 2. The van der Waals surface area contributed by atoms with Crippen LogP contribution in [0.1, 0.15) is 18.4 Å². The van der Waals surface area contributed by atoms with Crippen LogP contribution in [0.2, 0.25) is 0 Å². The standard InChI is InChI=1S/C13H13ClN2/c1-2-13-15-11(9-14)8-12(16-13)10-6-4-3-5-7-10/h3-8H,2,9H2,1H3. The predicted octanol–water partition coefficient (Wildman–Crippen LogP) is 3.44. The van der Waals surface area contributed by atoms with Gasteiger partial charge in [0.25, 0.3) is 0 Å². The van der Waals surface area contributed by atoms with Crippen molar-refractivity contribution in [1.29, 1.82) is 0 Å². The summed E-state index contributed by atoms with van der Waals surface area (Å²) in [5.74, 6) is 1.27. The molecule has 0 aliphatic carbocycles. The molecule has 2 rings (SSSR count). The van der Waals surface area contributed by atoms with E-state index in [-0.39, 0.29) is 0 Å². The number of aryl methyl sites for hydroxylation is 1. The second-order valence-corrected chi connectivity index (χ2v) is 3.78. The van der Waals surface area contributed by atoms with E-state index in [9.17, 15) is 0 Å². The molecule has 1 aromatic heterocycles. The third-order valence-electron chi connectivity index (χ3n) is 2.35. The SMILES string of the molecule is CCc1nc(CCl)cc(-c2ccccc2)n1. The first-order valence-electron chi connectivity index (χ1n) is 5.31. The normalized spacial score (nSPS) is 10.4. The highest BCUT2D eigenvalue weighted by Gasteiger charge is 2.04. The quantitative estimate of drug-likeness (QED) is 0.758. The van der Waals surface area contributed by atoms with Gasteiger partial charge in [0.2, 0.25) is 0 Å². The third kappa shape index (κ3) is 2.39. The first kappa shape index (κ1) is 11.1. The summed E-state index contributed by atoms with van der Waals surface area (Å²) in [6.07, 6.45) is 0.824.